The fourth-order valence-corrected chi connectivity index (χ4v) is 3.36. The maximum Gasteiger partial charge on any atom is 0.113 e. The number of hydrogen-bond acceptors (Lipinski definition) is 3. The molecule has 21 heavy (non-hydrogen) atoms. The summed E-state index contributed by atoms with van der Waals surface area (Å²) in [5.41, 5.74) is 3.76. The molecular weight excluding hydrogens is 276 g/mol. The van der Waals surface area contributed by atoms with Crippen molar-refractivity contribution in [3.05, 3.63) is 59.1 Å². The first-order valence-electron chi connectivity index (χ1n) is 7.22. The Morgan fingerprint density at radius 3 is 2.48 bits per heavy atom. The largest absolute Gasteiger partial charge is 0.378 e. The van der Waals surface area contributed by atoms with Gasteiger partial charge in [-0.3, -0.25) is 0 Å². The van der Waals surface area contributed by atoms with E-state index >= 15 is 0 Å². The highest BCUT2D eigenvalue weighted by Crippen LogP contribution is 2.30. The van der Waals surface area contributed by atoms with E-state index in [9.17, 15) is 0 Å². The van der Waals surface area contributed by atoms with Gasteiger partial charge < -0.3 is 5.32 Å². The molecule has 0 radical (unpaired) electrons. The molecule has 0 unspecified atom stereocenters. The van der Waals surface area contributed by atoms with E-state index in [1.165, 1.54) is 16.0 Å². The highest BCUT2D eigenvalue weighted by molar-refractivity contribution is 7.18. The lowest BCUT2D eigenvalue weighted by atomic mass is 9.86. The normalized spacial score (nSPS) is 11.8. The fourth-order valence-electron chi connectivity index (χ4n) is 2.46. The van der Waals surface area contributed by atoms with Gasteiger partial charge in [-0.05, 0) is 29.2 Å². The molecule has 0 fully saturated rings. The second kappa shape index (κ2) is 5.49. The molecule has 0 saturated heterocycles. The first kappa shape index (κ1) is 14.1. The van der Waals surface area contributed by atoms with Gasteiger partial charge in [-0.25, -0.2) is 4.98 Å². The number of benzene rings is 2. The Morgan fingerprint density at radius 1 is 1.00 bits per heavy atom. The van der Waals surface area contributed by atoms with Crippen molar-refractivity contribution in [3.8, 4) is 0 Å². The highest BCUT2D eigenvalue weighted by atomic mass is 32.1. The van der Waals surface area contributed by atoms with Crippen LogP contribution in [0.15, 0.2) is 48.5 Å². The third-order valence-corrected chi connectivity index (χ3v) is 4.54. The van der Waals surface area contributed by atoms with Crippen molar-refractivity contribution in [1.82, 2.24) is 4.98 Å². The second-order valence-corrected chi connectivity index (χ2v) is 7.34. The minimum atomic E-state index is 0.136. The predicted octanol–water partition coefficient (Wildman–Crippen LogP) is 5.21. The summed E-state index contributed by atoms with van der Waals surface area (Å²) in [5, 5.41) is 4.67. The zero-order valence-electron chi connectivity index (χ0n) is 12.7. The van der Waals surface area contributed by atoms with E-state index in [2.05, 4.69) is 73.5 Å². The first-order valence-corrected chi connectivity index (χ1v) is 8.03. The molecule has 0 amide bonds. The number of anilines is 1. The van der Waals surface area contributed by atoms with Crippen LogP contribution in [0.2, 0.25) is 0 Å². The summed E-state index contributed by atoms with van der Waals surface area (Å²) in [5.74, 6) is 0. The number of aromatic nitrogens is 1. The molecular formula is C18H20N2S. The second-order valence-electron chi connectivity index (χ2n) is 6.22. The van der Waals surface area contributed by atoms with Crippen molar-refractivity contribution in [2.24, 2.45) is 0 Å². The summed E-state index contributed by atoms with van der Waals surface area (Å²) in [6.07, 6.45) is 0. The van der Waals surface area contributed by atoms with E-state index in [4.69, 9.17) is 0 Å². The quantitative estimate of drug-likeness (QED) is 0.718. The lowest BCUT2D eigenvalue weighted by molar-refractivity contribution is 0.591. The average Bonchev–Trinajstić information content (AvgIpc) is 2.87. The van der Waals surface area contributed by atoms with Crippen molar-refractivity contribution >= 4 is 27.2 Å². The van der Waals surface area contributed by atoms with E-state index < -0.39 is 0 Å². The van der Waals surface area contributed by atoms with Gasteiger partial charge in [0.2, 0.25) is 0 Å². The van der Waals surface area contributed by atoms with Crippen LogP contribution in [0.1, 0.15) is 31.3 Å². The van der Waals surface area contributed by atoms with Crippen molar-refractivity contribution < 1.29 is 0 Å². The smallest absolute Gasteiger partial charge is 0.113 e. The number of para-hydroxylation sites is 2. The van der Waals surface area contributed by atoms with Gasteiger partial charge in [0.05, 0.1) is 16.8 Å². The molecule has 2 aromatic carbocycles. The van der Waals surface area contributed by atoms with Crippen LogP contribution in [0.3, 0.4) is 0 Å². The van der Waals surface area contributed by atoms with Gasteiger partial charge in [-0.1, -0.05) is 51.1 Å². The fraction of sp³-hybridized carbons (Fsp3) is 0.278. The monoisotopic (exact) mass is 296 g/mol. The minimum absolute atomic E-state index is 0.136. The first-order chi connectivity index (χ1) is 10.0. The van der Waals surface area contributed by atoms with Crippen molar-refractivity contribution in [2.45, 2.75) is 32.7 Å². The summed E-state index contributed by atoms with van der Waals surface area (Å²) in [4.78, 5) is 4.68. The molecule has 3 heteroatoms. The summed E-state index contributed by atoms with van der Waals surface area (Å²) >= 11 is 1.76. The van der Waals surface area contributed by atoms with Crippen LogP contribution in [-0.2, 0) is 12.0 Å². The van der Waals surface area contributed by atoms with Crippen LogP contribution in [0, 0.1) is 0 Å². The van der Waals surface area contributed by atoms with Gasteiger partial charge in [-0.15, -0.1) is 11.3 Å². The number of nitrogens with one attached hydrogen (secondary N) is 1. The predicted molar refractivity (Wildman–Crippen MR) is 92.1 cm³/mol. The Morgan fingerprint density at radius 2 is 1.71 bits per heavy atom. The number of thiazole rings is 1. The molecule has 0 aliphatic heterocycles. The van der Waals surface area contributed by atoms with Crippen LogP contribution in [0.25, 0.3) is 10.2 Å². The zero-order chi connectivity index (χ0) is 14.9. The van der Waals surface area contributed by atoms with E-state index in [0.29, 0.717) is 0 Å². The molecule has 3 rings (SSSR count). The maximum absolute atomic E-state index is 4.68. The van der Waals surface area contributed by atoms with Gasteiger partial charge in [0.1, 0.15) is 5.01 Å². The van der Waals surface area contributed by atoms with E-state index in [1.807, 2.05) is 6.07 Å². The Hall–Kier alpha value is -1.87. The molecule has 1 heterocycles. The molecule has 3 aromatic rings. The average molecular weight is 296 g/mol. The molecule has 0 bridgehead atoms. The molecule has 0 atom stereocenters. The van der Waals surface area contributed by atoms with Crippen LogP contribution in [0.4, 0.5) is 5.69 Å². The van der Waals surface area contributed by atoms with Gasteiger partial charge in [-0.2, -0.15) is 0 Å². The van der Waals surface area contributed by atoms with Crippen LogP contribution in [-0.4, -0.2) is 4.98 Å². The summed E-state index contributed by atoms with van der Waals surface area (Å²) in [6.45, 7) is 7.49. The minimum Gasteiger partial charge on any atom is -0.378 e. The lowest BCUT2D eigenvalue weighted by Gasteiger charge is -2.23. The molecule has 108 valence electrons. The summed E-state index contributed by atoms with van der Waals surface area (Å²) in [6, 6.07) is 16.8. The molecule has 2 nitrogen and oxygen atoms in total. The van der Waals surface area contributed by atoms with Crippen LogP contribution >= 0.6 is 11.3 Å². The number of rotatable bonds is 3. The van der Waals surface area contributed by atoms with Gasteiger partial charge in [0.25, 0.3) is 0 Å². The van der Waals surface area contributed by atoms with Gasteiger partial charge >= 0.3 is 0 Å². The van der Waals surface area contributed by atoms with Crippen molar-refractivity contribution in [3.63, 3.8) is 0 Å². The molecule has 1 N–H and O–H groups in total. The van der Waals surface area contributed by atoms with E-state index in [-0.39, 0.29) is 5.41 Å². The Labute approximate surface area is 129 Å². The molecule has 0 aliphatic rings. The van der Waals surface area contributed by atoms with Crippen molar-refractivity contribution in [2.75, 3.05) is 5.32 Å². The molecule has 0 spiro atoms. The van der Waals surface area contributed by atoms with Crippen LogP contribution < -0.4 is 5.32 Å². The Bertz CT molecular complexity index is 720. The molecule has 0 aliphatic carbocycles. The summed E-state index contributed by atoms with van der Waals surface area (Å²) < 4.78 is 1.25. The third-order valence-electron chi connectivity index (χ3n) is 3.50. The number of nitrogens with zero attached hydrogens (tertiary/aromatic N) is 1. The summed E-state index contributed by atoms with van der Waals surface area (Å²) in [7, 11) is 0. The number of hydrogen-bond donors (Lipinski definition) is 1. The van der Waals surface area contributed by atoms with E-state index in [0.717, 1.165) is 17.1 Å². The standard InChI is InChI=1S/C18H20N2S/c1-18(2,3)13-8-4-5-9-14(13)19-12-17-20-15-10-6-7-11-16(15)21-17/h4-11,19H,12H2,1-3H3. The Kier molecular flexibility index (Phi) is 3.68. The van der Waals surface area contributed by atoms with Crippen LogP contribution in [0.5, 0.6) is 0 Å². The third kappa shape index (κ3) is 3.08. The molecule has 1 aromatic heterocycles. The van der Waals surface area contributed by atoms with E-state index in [1.54, 1.807) is 11.3 Å². The SMILES string of the molecule is CC(C)(C)c1ccccc1NCc1nc2ccccc2s1. The van der Waals surface area contributed by atoms with Gasteiger partial charge in [0.15, 0.2) is 0 Å². The topological polar surface area (TPSA) is 24.9 Å². The number of fused-ring (bicyclic) bond motifs is 1. The maximum atomic E-state index is 4.68. The van der Waals surface area contributed by atoms with Gasteiger partial charge in [0, 0.05) is 5.69 Å². The zero-order valence-corrected chi connectivity index (χ0v) is 13.5. The Balaban J connectivity index is 1.82. The lowest BCUT2D eigenvalue weighted by Crippen LogP contribution is -2.14. The molecule has 0 saturated carbocycles. The highest BCUT2D eigenvalue weighted by Gasteiger charge is 2.17. The van der Waals surface area contributed by atoms with Crippen molar-refractivity contribution in [1.29, 1.82) is 0 Å².